The van der Waals surface area contributed by atoms with Crippen LogP contribution in [0.5, 0.6) is 5.88 Å². The molecule has 3 heterocycles. The number of nitrogens with one attached hydrogen (secondary N) is 1. The maximum absolute atomic E-state index is 13.1. The molecule has 1 N–H and O–H groups in total. The lowest BCUT2D eigenvalue weighted by molar-refractivity contribution is 0.0667. The fourth-order valence-electron chi connectivity index (χ4n) is 3.64. The first kappa shape index (κ1) is 16.9. The van der Waals surface area contributed by atoms with Crippen molar-refractivity contribution in [1.29, 1.82) is 0 Å². The van der Waals surface area contributed by atoms with Gasteiger partial charge >= 0.3 is 0 Å². The normalized spacial score (nSPS) is 16.6. The summed E-state index contributed by atoms with van der Waals surface area (Å²) in [6.07, 6.45) is 0.804. The minimum atomic E-state index is -0.173. The van der Waals surface area contributed by atoms with Crippen LogP contribution in [0.25, 0.3) is 10.9 Å². The second-order valence-electron chi connectivity index (χ2n) is 6.40. The van der Waals surface area contributed by atoms with Crippen LogP contribution in [0.1, 0.15) is 41.6 Å². The lowest BCUT2D eigenvalue weighted by atomic mass is 9.98. The van der Waals surface area contributed by atoms with Crippen LogP contribution in [0, 0.1) is 0 Å². The van der Waals surface area contributed by atoms with Gasteiger partial charge in [0.15, 0.2) is 5.69 Å². The predicted molar refractivity (Wildman–Crippen MR) is 102 cm³/mol. The lowest BCUT2D eigenvalue weighted by Gasteiger charge is -2.33. The Labute approximate surface area is 156 Å². The average molecular weight is 370 g/mol. The SMILES string of the molecule is CCOc1ccc(Cl)c(C(=O)N2CCc3c([nH]c4ccccc34)[C@H]2C)n1. The summed E-state index contributed by atoms with van der Waals surface area (Å²) in [6, 6.07) is 11.5. The molecule has 1 aliphatic heterocycles. The average Bonchev–Trinajstić information content (AvgIpc) is 3.03. The maximum Gasteiger partial charge on any atom is 0.274 e. The molecule has 2 aromatic heterocycles. The largest absolute Gasteiger partial charge is 0.478 e. The van der Waals surface area contributed by atoms with Gasteiger partial charge < -0.3 is 14.6 Å². The molecular formula is C20H20ClN3O2. The number of ether oxygens (including phenoxy) is 1. The van der Waals surface area contributed by atoms with Gasteiger partial charge in [-0.2, -0.15) is 0 Å². The van der Waals surface area contributed by atoms with Gasteiger partial charge in [0.2, 0.25) is 5.88 Å². The van der Waals surface area contributed by atoms with Crippen LogP contribution in [-0.2, 0) is 6.42 Å². The van der Waals surface area contributed by atoms with Crippen LogP contribution in [0.15, 0.2) is 36.4 Å². The number of hydrogen-bond donors (Lipinski definition) is 1. The Hall–Kier alpha value is -2.53. The van der Waals surface area contributed by atoms with E-state index in [1.165, 1.54) is 10.9 Å². The van der Waals surface area contributed by atoms with Crippen molar-refractivity contribution >= 4 is 28.4 Å². The van der Waals surface area contributed by atoms with Gasteiger partial charge in [-0.05, 0) is 38.0 Å². The van der Waals surface area contributed by atoms with Gasteiger partial charge in [0.25, 0.3) is 5.91 Å². The van der Waals surface area contributed by atoms with E-state index in [2.05, 4.69) is 22.1 Å². The van der Waals surface area contributed by atoms with Crippen LogP contribution < -0.4 is 4.74 Å². The molecule has 1 aliphatic rings. The number of para-hydroxylation sites is 1. The Bertz CT molecular complexity index is 982. The molecule has 26 heavy (non-hydrogen) atoms. The number of benzene rings is 1. The van der Waals surface area contributed by atoms with E-state index in [0.717, 1.165) is 17.6 Å². The minimum absolute atomic E-state index is 0.0766. The molecule has 1 atom stereocenters. The number of fused-ring (bicyclic) bond motifs is 3. The number of H-pyrrole nitrogens is 1. The van der Waals surface area contributed by atoms with Crippen molar-refractivity contribution in [2.24, 2.45) is 0 Å². The Morgan fingerprint density at radius 3 is 2.96 bits per heavy atom. The van der Waals surface area contributed by atoms with Crippen LogP contribution >= 0.6 is 11.6 Å². The molecule has 0 spiro atoms. The van der Waals surface area contributed by atoms with E-state index < -0.39 is 0 Å². The van der Waals surface area contributed by atoms with Gasteiger partial charge in [0.1, 0.15) is 0 Å². The van der Waals surface area contributed by atoms with Crippen LogP contribution in [0.2, 0.25) is 5.02 Å². The van der Waals surface area contributed by atoms with Gasteiger partial charge in [-0.3, -0.25) is 4.79 Å². The standard InChI is InChI=1S/C20H20ClN3O2/c1-3-26-17-9-8-15(21)19(23-17)20(25)24-11-10-14-13-6-4-5-7-16(13)22-18(14)12(24)2/h4-9,12,22H,3,10-11H2,1-2H3/t12-/m1/s1. The second-order valence-corrected chi connectivity index (χ2v) is 6.81. The number of amides is 1. The summed E-state index contributed by atoms with van der Waals surface area (Å²) in [7, 11) is 0. The van der Waals surface area contributed by atoms with E-state index in [1.807, 2.05) is 30.9 Å². The molecule has 0 saturated carbocycles. The van der Waals surface area contributed by atoms with E-state index in [9.17, 15) is 4.79 Å². The summed E-state index contributed by atoms with van der Waals surface area (Å²) < 4.78 is 5.42. The highest BCUT2D eigenvalue weighted by molar-refractivity contribution is 6.33. The molecule has 134 valence electrons. The number of halogens is 1. The van der Waals surface area contributed by atoms with Crippen molar-refractivity contribution in [3.05, 3.63) is 58.4 Å². The lowest BCUT2D eigenvalue weighted by Crippen LogP contribution is -2.39. The number of pyridine rings is 1. The zero-order valence-corrected chi connectivity index (χ0v) is 15.5. The minimum Gasteiger partial charge on any atom is -0.478 e. The number of hydrogen-bond acceptors (Lipinski definition) is 3. The number of carbonyl (C=O) groups is 1. The number of aromatic nitrogens is 2. The molecular weight excluding hydrogens is 350 g/mol. The zero-order valence-electron chi connectivity index (χ0n) is 14.8. The molecule has 4 rings (SSSR count). The summed E-state index contributed by atoms with van der Waals surface area (Å²) in [6.45, 7) is 5.03. The monoisotopic (exact) mass is 369 g/mol. The van der Waals surface area contributed by atoms with E-state index >= 15 is 0 Å². The highest BCUT2D eigenvalue weighted by Gasteiger charge is 2.32. The van der Waals surface area contributed by atoms with Crippen molar-refractivity contribution in [3.63, 3.8) is 0 Å². The Kier molecular flexibility index (Phi) is 4.32. The predicted octanol–water partition coefficient (Wildman–Crippen LogP) is 4.37. The summed E-state index contributed by atoms with van der Waals surface area (Å²) in [5.41, 5.74) is 3.72. The molecule has 0 radical (unpaired) electrons. The first-order valence-corrected chi connectivity index (χ1v) is 9.17. The fourth-order valence-corrected chi connectivity index (χ4v) is 3.83. The molecule has 1 amide bonds. The molecule has 1 aromatic carbocycles. The molecule has 0 saturated heterocycles. The van der Waals surface area contributed by atoms with Crippen LogP contribution in [-0.4, -0.2) is 33.9 Å². The number of carbonyl (C=O) groups excluding carboxylic acids is 1. The number of nitrogens with zero attached hydrogens (tertiary/aromatic N) is 2. The summed E-state index contributed by atoms with van der Waals surface area (Å²) in [4.78, 5) is 22.7. The van der Waals surface area contributed by atoms with Gasteiger partial charge in [-0.15, -0.1) is 0 Å². The van der Waals surface area contributed by atoms with Crippen LogP contribution in [0.3, 0.4) is 0 Å². The van der Waals surface area contributed by atoms with E-state index in [-0.39, 0.29) is 17.6 Å². The molecule has 3 aromatic rings. The van der Waals surface area contributed by atoms with E-state index in [4.69, 9.17) is 16.3 Å². The van der Waals surface area contributed by atoms with Gasteiger partial charge in [0.05, 0.1) is 17.7 Å². The van der Waals surface area contributed by atoms with Crippen LogP contribution in [0.4, 0.5) is 0 Å². The highest BCUT2D eigenvalue weighted by atomic mass is 35.5. The smallest absolute Gasteiger partial charge is 0.274 e. The van der Waals surface area contributed by atoms with Crippen molar-refractivity contribution in [2.75, 3.05) is 13.2 Å². The Morgan fingerprint density at radius 2 is 2.15 bits per heavy atom. The summed E-state index contributed by atoms with van der Waals surface area (Å²) in [5.74, 6) is 0.240. The van der Waals surface area contributed by atoms with Crippen molar-refractivity contribution < 1.29 is 9.53 Å². The first-order valence-electron chi connectivity index (χ1n) is 8.80. The van der Waals surface area contributed by atoms with Gasteiger partial charge in [-0.25, -0.2) is 4.98 Å². The molecule has 0 fully saturated rings. The third-order valence-electron chi connectivity index (χ3n) is 4.91. The van der Waals surface area contributed by atoms with E-state index in [1.54, 1.807) is 12.1 Å². The van der Waals surface area contributed by atoms with Crippen molar-refractivity contribution in [1.82, 2.24) is 14.9 Å². The third kappa shape index (κ3) is 2.72. The third-order valence-corrected chi connectivity index (χ3v) is 5.22. The van der Waals surface area contributed by atoms with E-state index in [0.29, 0.717) is 24.1 Å². The van der Waals surface area contributed by atoms with Crippen molar-refractivity contribution in [3.8, 4) is 5.88 Å². The molecule has 0 aliphatic carbocycles. The van der Waals surface area contributed by atoms with Gasteiger partial charge in [-0.1, -0.05) is 29.8 Å². The molecule has 6 heteroatoms. The fraction of sp³-hybridized carbons (Fsp3) is 0.300. The number of aromatic amines is 1. The molecule has 5 nitrogen and oxygen atoms in total. The topological polar surface area (TPSA) is 58.2 Å². The molecule has 0 bridgehead atoms. The second kappa shape index (κ2) is 6.65. The summed E-state index contributed by atoms with van der Waals surface area (Å²) in [5, 5.41) is 1.57. The summed E-state index contributed by atoms with van der Waals surface area (Å²) >= 11 is 6.25. The maximum atomic E-state index is 13.1. The van der Waals surface area contributed by atoms with Gasteiger partial charge in [0, 0.05) is 29.2 Å². The quantitative estimate of drug-likeness (QED) is 0.745. The number of rotatable bonds is 3. The first-order chi connectivity index (χ1) is 12.6. The zero-order chi connectivity index (χ0) is 18.3. The molecule has 0 unspecified atom stereocenters. The van der Waals surface area contributed by atoms with Crippen molar-refractivity contribution in [2.45, 2.75) is 26.3 Å². The Balaban J connectivity index is 1.69. The highest BCUT2D eigenvalue weighted by Crippen LogP contribution is 2.35. The Morgan fingerprint density at radius 1 is 1.35 bits per heavy atom.